The van der Waals surface area contributed by atoms with Crippen molar-refractivity contribution in [3.05, 3.63) is 89.6 Å². The Morgan fingerprint density at radius 2 is 1.72 bits per heavy atom. The number of rotatable bonds is 10. The number of aryl methyl sites for hydroxylation is 2. The number of aromatic nitrogens is 4. The summed E-state index contributed by atoms with van der Waals surface area (Å²) in [6, 6.07) is 19.6. The number of imidazole rings is 1. The van der Waals surface area contributed by atoms with Gasteiger partial charge in [-0.05, 0) is 55.7 Å². The van der Waals surface area contributed by atoms with Gasteiger partial charge in [-0.15, -0.1) is 0 Å². The van der Waals surface area contributed by atoms with Gasteiger partial charge in [0.05, 0.1) is 40.4 Å². The normalized spacial score (nSPS) is 12.1. The number of amides is 2. The number of hydrogen-bond donors (Lipinski definition) is 3. The summed E-state index contributed by atoms with van der Waals surface area (Å²) in [7, 11) is 0. The van der Waals surface area contributed by atoms with Gasteiger partial charge in [0.1, 0.15) is 11.3 Å². The number of carbonyl (C=O) groups excluding carboxylic acids is 2. The molecule has 0 spiro atoms. The highest BCUT2D eigenvalue weighted by atomic mass is 16.2. The number of benzene rings is 3. The van der Waals surface area contributed by atoms with E-state index in [4.69, 9.17) is 5.73 Å². The van der Waals surface area contributed by atoms with Crippen molar-refractivity contribution in [2.24, 2.45) is 5.73 Å². The Bertz CT molecular complexity index is 1660. The van der Waals surface area contributed by atoms with E-state index in [1.807, 2.05) is 38.1 Å². The van der Waals surface area contributed by atoms with Crippen LogP contribution in [-0.4, -0.2) is 31.8 Å². The average molecular weight is 521 g/mol. The van der Waals surface area contributed by atoms with Crippen LogP contribution in [0.5, 0.6) is 0 Å². The highest BCUT2D eigenvalue weighted by molar-refractivity contribution is 6.04. The number of para-hydroxylation sites is 1. The van der Waals surface area contributed by atoms with Crippen LogP contribution in [0.2, 0.25) is 0 Å². The zero-order valence-electron chi connectivity index (χ0n) is 22.2. The van der Waals surface area contributed by atoms with Crippen LogP contribution in [0.3, 0.4) is 0 Å². The second-order valence-electron chi connectivity index (χ2n) is 9.90. The second kappa shape index (κ2) is 11.4. The van der Waals surface area contributed by atoms with Crippen LogP contribution in [0, 0.1) is 13.8 Å². The standard InChI is InChI=1S/C31H32N6O2/c1-19-20(2)35-29-24(11-8-13-25(29)34-19)31(39)37-26(12-4-3-5-14-28(32)38)30-33-18-27(36-30)23-16-15-21-9-6-7-10-22(21)17-23/h6-11,13,15-18,26H,3-5,12,14H2,1-2H3,(H2,32,38)(H,33,36)(H,37,39)/t26-/m0/s1. The van der Waals surface area contributed by atoms with Crippen LogP contribution < -0.4 is 11.1 Å². The molecule has 0 saturated heterocycles. The molecule has 0 unspecified atom stereocenters. The molecule has 0 fully saturated rings. The molecule has 5 rings (SSSR count). The SMILES string of the molecule is Cc1nc2cccc(C(=O)N[C@@H](CCCCCC(N)=O)c3ncc(-c4ccc5ccccc5c4)[nH]3)c2nc1C. The summed E-state index contributed by atoms with van der Waals surface area (Å²) in [6.45, 7) is 3.80. The first-order chi connectivity index (χ1) is 18.9. The minimum absolute atomic E-state index is 0.232. The molecule has 4 N–H and O–H groups in total. The third-order valence-corrected chi connectivity index (χ3v) is 7.06. The Morgan fingerprint density at radius 1 is 0.923 bits per heavy atom. The molecule has 1 atom stereocenters. The van der Waals surface area contributed by atoms with Gasteiger partial charge in [0.15, 0.2) is 0 Å². The van der Waals surface area contributed by atoms with Crippen molar-refractivity contribution in [1.29, 1.82) is 0 Å². The zero-order chi connectivity index (χ0) is 27.4. The van der Waals surface area contributed by atoms with Crippen LogP contribution in [-0.2, 0) is 4.79 Å². The summed E-state index contributed by atoms with van der Waals surface area (Å²) >= 11 is 0. The topological polar surface area (TPSA) is 127 Å². The van der Waals surface area contributed by atoms with Crippen LogP contribution in [0.25, 0.3) is 33.1 Å². The Labute approximate surface area is 227 Å². The van der Waals surface area contributed by atoms with Crippen LogP contribution in [0.4, 0.5) is 0 Å². The van der Waals surface area contributed by atoms with Gasteiger partial charge in [0.25, 0.3) is 5.91 Å². The minimum atomic E-state index is -0.352. The van der Waals surface area contributed by atoms with E-state index in [0.717, 1.165) is 40.9 Å². The van der Waals surface area contributed by atoms with Crippen molar-refractivity contribution in [1.82, 2.24) is 25.3 Å². The van der Waals surface area contributed by atoms with Gasteiger partial charge in [-0.3, -0.25) is 9.59 Å². The van der Waals surface area contributed by atoms with E-state index in [2.05, 4.69) is 55.6 Å². The summed E-state index contributed by atoms with van der Waals surface area (Å²) in [4.78, 5) is 42.0. The summed E-state index contributed by atoms with van der Waals surface area (Å²) in [6.07, 6.45) is 5.17. The Hall–Kier alpha value is -4.59. The lowest BCUT2D eigenvalue weighted by Gasteiger charge is -2.18. The number of primary amides is 1. The quantitative estimate of drug-likeness (QED) is 0.204. The smallest absolute Gasteiger partial charge is 0.254 e. The van der Waals surface area contributed by atoms with Gasteiger partial charge in [0.2, 0.25) is 5.91 Å². The van der Waals surface area contributed by atoms with Gasteiger partial charge in [-0.2, -0.15) is 0 Å². The van der Waals surface area contributed by atoms with E-state index < -0.39 is 0 Å². The predicted octanol–water partition coefficient (Wildman–Crippen LogP) is 5.70. The maximum atomic E-state index is 13.6. The number of carbonyl (C=O) groups is 2. The first kappa shape index (κ1) is 26.0. The van der Waals surface area contributed by atoms with Gasteiger partial charge >= 0.3 is 0 Å². The molecule has 5 aromatic rings. The number of nitrogens with two attached hydrogens (primary N) is 1. The Kier molecular flexibility index (Phi) is 7.63. The van der Waals surface area contributed by atoms with Gasteiger partial charge in [-0.25, -0.2) is 15.0 Å². The third-order valence-electron chi connectivity index (χ3n) is 7.06. The van der Waals surface area contributed by atoms with Crippen molar-refractivity contribution in [2.45, 2.75) is 52.0 Å². The predicted molar refractivity (Wildman–Crippen MR) is 153 cm³/mol. The highest BCUT2D eigenvalue weighted by Gasteiger charge is 2.21. The molecule has 8 heteroatoms. The second-order valence-corrected chi connectivity index (χ2v) is 9.90. The molecular formula is C31H32N6O2. The molecule has 0 aliphatic rings. The van der Waals surface area contributed by atoms with Crippen molar-refractivity contribution < 1.29 is 9.59 Å². The summed E-state index contributed by atoms with van der Waals surface area (Å²) in [5.41, 5.74) is 10.6. The molecule has 0 aliphatic carbocycles. The van der Waals surface area contributed by atoms with E-state index in [9.17, 15) is 9.59 Å². The molecule has 3 aromatic carbocycles. The van der Waals surface area contributed by atoms with Crippen LogP contribution in [0.1, 0.15) is 65.7 Å². The van der Waals surface area contributed by atoms with E-state index >= 15 is 0 Å². The molecule has 2 amide bonds. The maximum absolute atomic E-state index is 13.6. The molecule has 0 bridgehead atoms. The van der Waals surface area contributed by atoms with Crippen LogP contribution in [0.15, 0.2) is 66.9 Å². The van der Waals surface area contributed by atoms with E-state index in [0.29, 0.717) is 41.7 Å². The zero-order valence-corrected chi connectivity index (χ0v) is 22.2. The van der Waals surface area contributed by atoms with Crippen molar-refractivity contribution in [2.75, 3.05) is 0 Å². The number of H-pyrrole nitrogens is 1. The Balaban J connectivity index is 1.41. The average Bonchev–Trinajstić information content (AvgIpc) is 3.42. The minimum Gasteiger partial charge on any atom is -0.370 e. The van der Waals surface area contributed by atoms with Crippen molar-refractivity contribution in [3.8, 4) is 11.3 Å². The fraction of sp³-hybridized carbons (Fsp3) is 0.258. The van der Waals surface area contributed by atoms with E-state index in [1.165, 1.54) is 5.39 Å². The van der Waals surface area contributed by atoms with Gasteiger partial charge in [-0.1, -0.05) is 55.3 Å². The summed E-state index contributed by atoms with van der Waals surface area (Å²) < 4.78 is 0. The van der Waals surface area contributed by atoms with E-state index in [-0.39, 0.29) is 17.9 Å². The largest absolute Gasteiger partial charge is 0.370 e. The van der Waals surface area contributed by atoms with Crippen LogP contribution >= 0.6 is 0 Å². The van der Waals surface area contributed by atoms with Crippen molar-refractivity contribution >= 4 is 33.6 Å². The van der Waals surface area contributed by atoms with Gasteiger partial charge < -0.3 is 16.0 Å². The van der Waals surface area contributed by atoms with Crippen molar-refractivity contribution in [3.63, 3.8) is 0 Å². The first-order valence-corrected chi connectivity index (χ1v) is 13.3. The number of hydrogen-bond acceptors (Lipinski definition) is 5. The molecule has 2 heterocycles. The lowest BCUT2D eigenvalue weighted by atomic mass is 10.0. The molecule has 0 radical (unpaired) electrons. The first-order valence-electron chi connectivity index (χ1n) is 13.3. The summed E-state index contributed by atoms with van der Waals surface area (Å²) in [5, 5.41) is 5.50. The van der Waals surface area contributed by atoms with Gasteiger partial charge in [0, 0.05) is 12.0 Å². The number of nitrogens with one attached hydrogen (secondary N) is 2. The third kappa shape index (κ3) is 5.95. The monoisotopic (exact) mass is 520 g/mol. The molecule has 8 nitrogen and oxygen atoms in total. The highest BCUT2D eigenvalue weighted by Crippen LogP contribution is 2.26. The molecule has 2 aromatic heterocycles. The maximum Gasteiger partial charge on any atom is 0.254 e. The number of fused-ring (bicyclic) bond motifs is 2. The number of nitrogens with zero attached hydrogens (tertiary/aromatic N) is 3. The fourth-order valence-corrected chi connectivity index (χ4v) is 4.79. The fourth-order valence-electron chi connectivity index (χ4n) is 4.79. The van der Waals surface area contributed by atoms with E-state index in [1.54, 1.807) is 12.3 Å². The molecule has 0 saturated carbocycles. The summed E-state index contributed by atoms with van der Waals surface area (Å²) in [5.74, 6) is 0.150. The Morgan fingerprint density at radius 3 is 2.54 bits per heavy atom. The molecule has 0 aliphatic heterocycles. The molecule has 198 valence electrons. The number of unbranched alkanes of at least 4 members (excludes halogenated alkanes) is 2. The lowest BCUT2D eigenvalue weighted by Crippen LogP contribution is -2.29. The molecular weight excluding hydrogens is 488 g/mol. The molecule has 39 heavy (non-hydrogen) atoms. The lowest BCUT2D eigenvalue weighted by molar-refractivity contribution is -0.118. The number of aromatic amines is 1.